The fourth-order valence-electron chi connectivity index (χ4n) is 2.63. The van der Waals surface area contributed by atoms with Crippen LogP contribution in [-0.2, 0) is 4.08 Å². The molecule has 0 atom stereocenters. The summed E-state index contributed by atoms with van der Waals surface area (Å²) in [7, 11) is 1.75. The molecule has 0 radical (unpaired) electrons. The summed E-state index contributed by atoms with van der Waals surface area (Å²) in [5.41, 5.74) is 2.71. The molecule has 3 heteroatoms. The van der Waals surface area contributed by atoms with Crippen molar-refractivity contribution in [3.63, 3.8) is 0 Å². The van der Waals surface area contributed by atoms with Crippen LogP contribution < -0.4 is 4.74 Å². The minimum atomic E-state index is 0.253. The predicted octanol–water partition coefficient (Wildman–Crippen LogP) is 5.07. The molecule has 106 valence electrons. The largest absolute Gasteiger partial charge is 0.496 e. The summed E-state index contributed by atoms with van der Waals surface area (Å²) < 4.78 is 5.64. The van der Waals surface area contributed by atoms with Crippen molar-refractivity contribution in [2.75, 3.05) is 18.6 Å². The first kappa shape index (κ1) is 15.1. The Morgan fingerprint density at radius 1 is 1.26 bits per heavy atom. The number of methoxy groups -OCH3 is 1. The molecule has 2 rings (SSSR count). The van der Waals surface area contributed by atoms with Crippen LogP contribution in [0, 0.1) is 12.8 Å². The van der Waals surface area contributed by atoms with E-state index in [4.69, 9.17) is 4.74 Å². The van der Waals surface area contributed by atoms with Crippen molar-refractivity contribution >= 4 is 23.5 Å². The van der Waals surface area contributed by atoms with Crippen LogP contribution in [0.1, 0.15) is 37.8 Å². The van der Waals surface area contributed by atoms with Crippen LogP contribution in [0.3, 0.4) is 0 Å². The molecule has 0 N–H and O–H groups in total. The van der Waals surface area contributed by atoms with Gasteiger partial charge in [0.15, 0.2) is 0 Å². The van der Waals surface area contributed by atoms with Crippen LogP contribution >= 0.6 is 23.5 Å². The predicted molar refractivity (Wildman–Crippen MR) is 88.4 cm³/mol. The average Bonchev–Trinajstić information content (AvgIpc) is 2.39. The molecule has 1 fully saturated rings. The van der Waals surface area contributed by atoms with Gasteiger partial charge >= 0.3 is 0 Å². The first-order valence-electron chi connectivity index (χ1n) is 7.00. The molecule has 1 saturated heterocycles. The first-order chi connectivity index (χ1) is 9.07. The molecule has 0 saturated carbocycles. The molecule has 1 nitrogen and oxygen atoms in total. The molecular weight excluding hydrogens is 272 g/mol. The molecule has 19 heavy (non-hydrogen) atoms. The monoisotopic (exact) mass is 296 g/mol. The number of thioether (sulfide) groups is 2. The Labute approximate surface area is 125 Å². The lowest BCUT2D eigenvalue weighted by Crippen LogP contribution is -2.25. The van der Waals surface area contributed by atoms with Crippen molar-refractivity contribution in [1.82, 2.24) is 0 Å². The van der Waals surface area contributed by atoms with Gasteiger partial charge in [-0.3, -0.25) is 0 Å². The van der Waals surface area contributed by atoms with E-state index in [9.17, 15) is 0 Å². The molecule has 0 unspecified atom stereocenters. The first-order valence-corrected chi connectivity index (χ1v) is 8.97. The molecule has 1 aliphatic heterocycles. The summed E-state index contributed by atoms with van der Waals surface area (Å²) in [5.74, 6) is 4.28. The summed E-state index contributed by atoms with van der Waals surface area (Å²) in [6.45, 7) is 6.80. The Morgan fingerprint density at radius 2 is 1.95 bits per heavy atom. The van der Waals surface area contributed by atoms with Crippen LogP contribution in [-0.4, -0.2) is 18.6 Å². The molecule has 0 aromatic heterocycles. The summed E-state index contributed by atoms with van der Waals surface area (Å²) >= 11 is 4.27. The highest BCUT2D eigenvalue weighted by atomic mass is 32.2. The molecule has 1 aromatic carbocycles. The van der Waals surface area contributed by atoms with Crippen LogP contribution in [0.25, 0.3) is 0 Å². The maximum atomic E-state index is 5.39. The summed E-state index contributed by atoms with van der Waals surface area (Å²) in [6.07, 6.45) is 2.58. The zero-order chi connectivity index (χ0) is 13.9. The Morgan fingerprint density at radius 3 is 2.47 bits per heavy atom. The van der Waals surface area contributed by atoms with Gasteiger partial charge in [0.25, 0.3) is 0 Å². The summed E-state index contributed by atoms with van der Waals surface area (Å²) in [5, 5.41) is 0. The van der Waals surface area contributed by atoms with Gasteiger partial charge in [0.05, 0.1) is 11.2 Å². The van der Waals surface area contributed by atoms with Crippen molar-refractivity contribution in [3.05, 3.63) is 29.3 Å². The minimum Gasteiger partial charge on any atom is -0.496 e. The van der Waals surface area contributed by atoms with Gasteiger partial charge in [-0.2, -0.15) is 0 Å². The van der Waals surface area contributed by atoms with Crippen molar-refractivity contribution in [2.24, 2.45) is 5.92 Å². The van der Waals surface area contributed by atoms with E-state index in [1.807, 2.05) is 0 Å². The second-order valence-corrected chi connectivity index (χ2v) is 8.63. The fraction of sp³-hybridized carbons (Fsp3) is 0.625. The third-order valence-corrected chi connectivity index (χ3v) is 6.90. The SMILES string of the molecule is COc1ccc(C2(CC(C)C)SCCCS2)cc1C. The van der Waals surface area contributed by atoms with E-state index in [0.29, 0.717) is 0 Å². The average molecular weight is 297 g/mol. The molecule has 0 aliphatic carbocycles. The fourth-order valence-corrected chi connectivity index (χ4v) is 6.37. The highest BCUT2D eigenvalue weighted by Gasteiger charge is 2.36. The molecular formula is C16H24OS2. The Balaban J connectivity index is 2.34. The van der Waals surface area contributed by atoms with Gasteiger partial charge in [-0.05, 0) is 54.4 Å². The molecule has 1 aromatic rings. The smallest absolute Gasteiger partial charge is 0.121 e. The highest BCUT2D eigenvalue weighted by molar-refractivity contribution is 8.18. The van der Waals surface area contributed by atoms with E-state index in [-0.39, 0.29) is 4.08 Å². The van der Waals surface area contributed by atoms with E-state index >= 15 is 0 Å². The summed E-state index contributed by atoms with van der Waals surface area (Å²) in [4.78, 5) is 0. The molecule has 1 heterocycles. The van der Waals surface area contributed by atoms with Gasteiger partial charge < -0.3 is 4.74 Å². The Kier molecular flexibility index (Phi) is 5.13. The number of hydrogen-bond acceptors (Lipinski definition) is 3. The number of ether oxygens (including phenoxy) is 1. The van der Waals surface area contributed by atoms with Gasteiger partial charge in [-0.1, -0.05) is 26.0 Å². The second-order valence-electron chi connectivity index (χ2n) is 5.59. The van der Waals surface area contributed by atoms with Gasteiger partial charge in [0.1, 0.15) is 5.75 Å². The Bertz CT molecular complexity index is 423. The topological polar surface area (TPSA) is 9.23 Å². The van der Waals surface area contributed by atoms with E-state index in [1.54, 1.807) is 7.11 Å². The van der Waals surface area contributed by atoms with Crippen molar-refractivity contribution in [2.45, 2.75) is 37.7 Å². The lowest BCUT2D eigenvalue weighted by molar-refractivity contribution is 0.411. The maximum absolute atomic E-state index is 5.39. The number of benzene rings is 1. The third kappa shape index (κ3) is 3.43. The van der Waals surface area contributed by atoms with Crippen molar-refractivity contribution in [1.29, 1.82) is 0 Å². The molecule has 0 spiro atoms. The summed E-state index contributed by atoms with van der Waals surface area (Å²) in [6, 6.07) is 6.72. The standard InChI is InChI=1S/C16H24OS2/c1-12(2)11-16(18-8-5-9-19-16)14-6-7-15(17-4)13(3)10-14/h6-7,10,12H,5,8-9,11H2,1-4H3. The minimum absolute atomic E-state index is 0.253. The van der Waals surface area contributed by atoms with E-state index in [2.05, 4.69) is 62.5 Å². The van der Waals surface area contributed by atoms with Gasteiger partial charge in [0.2, 0.25) is 0 Å². The van der Waals surface area contributed by atoms with Crippen molar-refractivity contribution in [3.8, 4) is 5.75 Å². The van der Waals surface area contributed by atoms with Gasteiger partial charge in [-0.25, -0.2) is 0 Å². The second kappa shape index (κ2) is 6.45. The normalized spacial score (nSPS) is 18.6. The molecule has 1 aliphatic rings. The molecule has 0 bridgehead atoms. The van der Waals surface area contributed by atoms with E-state index in [1.165, 1.54) is 35.5 Å². The number of hydrogen-bond donors (Lipinski definition) is 0. The van der Waals surface area contributed by atoms with Crippen LogP contribution in [0.5, 0.6) is 5.75 Å². The molecule has 0 amide bonds. The zero-order valence-corrected chi connectivity index (χ0v) is 14.0. The van der Waals surface area contributed by atoms with Gasteiger partial charge in [0, 0.05) is 0 Å². The van der Waals surface area contributed by atoms with E-state index in [0.717, 1.165) is 11.7 Å². The Hall–Kier alpha value is -0.280. The zero-order valence-electron chi connectivity index (χ0n) is 12.4. The van der Waals surface area contributed by atoms with Crippen LogP contribution in [0.4, 0.5) is 0 Å². The lowest BCUT2D eigenvalue weighted by atomic mass is 9.99. The van der Waals surface area contributed by atoms with Gasteiger partial charge in [-0.15, -0.1) is 23.5 Å². The maximum Gasteiger partial charge on any atom is 0.121 e. The quantitative estimate of drug-likeness (QED) is 0.767. The number of rotatable bonds is 4. The van der Waals surface area contributed by atoms with Crippen LogP contribution in [0.15, 0.2) is 18.2 Å². The number of aryl methyl sites for hydroxylation is 1. The van der Waals surface area contributed by atoms with Crippen molar-refractivity contribution < 1.29 is 4.74 Å². The van der Waals surface area contributed by atoms with Crippen LogP contribution in [0.2, 0.25) is 0 Å². The third-order valence-electron chi connectivity index (χ3n) is 3.47. The lowest BCUT2D eigenvalue weighted by Gasteiger charge is -2.38. The highest BCUT2D eigenvalue weighted by Crippen LogP contribution is 2.54. The van der Waals surface area contributed by atoms with E-state index < -0.39 is 0 Å².